The van der Waals surface area contributed by atoms with E-state index in [2.05, 4.69) is 14.2 Å². The summed E-state index contributed by atoms with van der Waals surface area (Å²) in [4.78, 5) is 74.7. The van der Waals surface area contributed by atoms with Gasteiger partial charge >= 0.3 is 55.9 Å². The van der Waals surface area contributed by atoms with Crippen LogP contribution < -0.4 is 78.6 Å². The molecule has 604 valence electrons. The van der Waals surface area contributed by atoms with Crippen LogP contribution in [-0.2, 0) is 23.7 Å². The zero-order chi connectivity index (χ0) is 80.0. The van der Waals surface area contributed by atoms with Crippen molar-refractivity contribution in [3.8, 4) is 68.3 Å². The number of halogens is 9. The van der Waals surface area contributed by atoms with Crippen molar-refractivity contribution in [1.82, 2.24) is 14.0 Å². The van der Waals surface area contributed by atoms with Crippen LogP contribution in [0.15, 0.2) is 87.6 Å². The van der Waals surface area contributed by atoms with Crippen molar-refractivity contribution in [2.24, 2.45) is 0 Å². The van der Waals surface area contributed by atoms with Crippen molar-refractivity contribution in [3.05, 3.63) is 137 Å². The fraction of sp³-hybridized carbons (Fsp3) is 0.520. The second kappa shape index (κ2) is 36.1. The molecule has 0 radical (unpaired) electrons. The van der Waals surface area contributed by atoms with E-state index in [1.165, 1.54) is 76.3 Å². The molecular weight excluding hydrogens is 1480 g/mol. The average Bonchev–Trinajstić information content (AvgIpc) is 1.66. The third kappa shape index (κ3) is 20.0. The van der Waals surface area contributed by atoms with Crippen molar-refractivity contribution in [3.63, 3.8) is 0 Å². The Morgan fingerprint density at radius 2 is 0.703 bits per heavy atom. The Hall–Kier alpha value is -9.11. The second-order valence-electron chi connectivity index (χ2n) is 27.9. The molecule has 0 saturated carbocycles. The number of carbonyl (C=O) groups excluding carboxylic acids is 2. The predicted octanol–water partition coefficient (Wildman–Crippen LogP) is 10.1. The first-order chi connectivity index (χ1) is 51.3. The zero-order valence-electron chi connectivity index (χ0n) is 63.8. The van der Waals surface area contributed by atoms with Crippen molar-refractivity contribution < 1.29 is 141 Å². The number of aromatic nitrogens is 3. The summed E-state index contributed by atoms with van der Waals surface area (Å²) in [5.41, 5.74) is 0.561. The van der Waals surface area contributed by atoms with E-state index in [0.29, 0.717) is 92.0 Å². The van der Waals surface area contributed by atoms with E-state index < -0.39 is 81.6 Å². The molecule has 6 aliphatic rings. The molecule has 12 rings (SSSR count). The van der Waals surface area contributed by atoms with Gasteiger partial charge in [-0.25, -0.2) is 14.4 Å². The Kier molecular flexibility index (Phi) is 29.0. The number of methoxy groups -OCH3 is 3. The maximum Gasteiger partial charge on any atom is 1.00 e. The van der Waals surface area contributed by atoms with Crippen LogP contribution >= 0.6 is 0 Å². The number of pyridine rings is 3. The molecule has 3 aromatic carbocycles. The predicted molar refractivity (Wildman–Crippen MR) is 381 cm³/mol. The summed E-state index contributed by atoms with van der Waals surface area (Å²) in [5.74, 6) is -4.55. The zero-order valence-corrected chi connectivity index (χ0v) is 63.8. The molecule has 0 aliphatic carbocycles. The molecule has 9 heterocycles. The number of esters is 2. The fourth-order valence-corrected chi connectivity index (χ4v) is 14.6. The molecule has 0 amide bonds. The number of aliphatic hydroxyl groups is 1. The first-order valence-corrected chi connectivity index (χ1v) is 35.3. The number of hydrogen-bond acceptors (Lipinski definition) is 22. The molecule has 26 nitrogen and oxygen atoms in total. The quantitative estimate of drug-likeness (QED) is 0.0261. The number of aromatic carboxylic acids is 1. The SMILES string of the molecule is CCO.CCOC(=O)c1cn2c(cc1=O)-c1cc(OC(F)(F)F)c(OCCCOC)cc1C1CCC(C)(C)N12.CCOC(=O)c1cn2c(cc1=O)-c1cc(OC(F)(F)F)c(OCCCOC)cc1[C@H]1CCC(C)(C)N12.COCCCOc1cc2c(cc1OC(F)(F)F)-c1cc(=O)c(C(=O)O)cn1N1[C@@H]2CCC1(C)C.[Li+].[OH-]. The monoisotopic (exact) mass is 1570 g/mol. The van der Waals surface area contributed by atoms with Crippen molar-refractivity contribution in [1.29, 1.82) is 0 Å². The first kappa shape index (κ1) is 89.1. The summed E-state index contributed by atoms with van der Waals surface area (Å²) < 4.78 is 179. The molecule has 3 aromatic heterocycles. The largest absolute Gasteiger partial charge is 1.00 e. The molecule has 3 saturated heterocycles. The number of carboxylic acids is 1. The van der Waals surface area contributed by atoms with Gasteiger partial charge in [-0.1, -0.05) is 0 Å². The van der Waals surface area contributed by atoms with Crippen LogP contribution in [0.2, 0.25) is 0 Å². The molecule has 0 spiro atoms. The van der Waals surface area contributed by atoms with Gasteiger partial charge in [0.05, 0.1) is 84.9 Å². The third-order valence-corrected chi connectivity index (χ3v) is 19.0. The van der Waals surface area contributed by atoms with Crippen molar-refractivity contribution in [2.75, 3.05) is 95.8 Å². The van der Waals surface area contributed by atoms with Crippen LogP contribution in [0.1, 0.15) is 186 Å². The van der Waals surface area contributed by atoms with E-state index in [-0.39, 0.29) is 127 Å². The van der Waals surface area contributed by atoms with Gasteiger partial charge in [0.2, 0.25) is 0 Å². The molecule has 6 aliphatic heterocycles. The number of carboxylic acid groups (broad SMARTS) is 1. The van der Waals surface area contributed by atoms with E-state index in [0.717, 1.165) is 36.5 Å². The van der Waals surface area contributed by atoms with Gasteiger partial charge < -0.3 is 67.8 Å². The summed E-state index contributed by atoms with van der Waals surface area (Å²) in [5, 5.41) is 23.1. The van der Waals surface area contributed by atoms with Gasteiger partial charge in [-0.3, -0.25) is 43.4 Å². The Morgan fingerprint density at radius 3 is 0.946 bits per heavy atom. The van der Waals surface area contributed by atoms with E-state index >= 15 is 0 Å². The minimum Gasteiger partial charge on any atom is -0.870 e. The molecule has 36 heteroatoms. The van der Waals surface area contributed by atoms with Gasteiger partial charge in [-0.15, -0.1) is 39.5 Å². The maximum absolute atomic E-state index is 13.3. The van der Waals surface area contributed by atoms with Crippen LogP contribution in [0.5, 0.6) is 34.5 Å². The summed E-state index contributed by atoms with van der Waals surface area (Å²) in [6, 6.07) is 11.3. The minimum absolute atomic E-state index is 0. The van der Waals surface area contributed by atoms with Crippen LogP contribution in [0.25, 0.3) is 33.8 Å². The summed E-state index contributed by atoms with van der Waals surface area (Å²) >= 11 is 0. The molecule has 1 unspecified atom stereocenters. The molecule has 3 fully saturated rings. The second-order valence-corrected chi connectivity index (χ2v) is 27.9. The number of hydrogen-bond donors (Lipinski definition) is 2. The Balaban J connectivity index is 0.000000225. The van der Waals surface area contributed by atoms with Crippen LogP contribution in [0.4, 0.5) is 39.5 Å². The average molecular weight is 1570 g/mol. The molecule has 3 atom stereocenters. The van der Waals surface area contributed by atoms with Crippen molar-refractivity contribution >= 4 is 17.9 Å². The van der Waals surface area contributed by atoms with E-state index in [4.69, 9.17) is 43.0 Å². The fourth-order valence-electron chi connectivity index (χ4n) is 14.6. The number of aliphatic hydroxyl groups excluding tert-OH is 1. The molecule has 111 heavy (non-hydrogen) atoms. The summed E-state index contributed by atoms with van der Waals surface area (Å²) in [7, 11) is 4.57. The van der Waals surface area contributed by atoms with Gasteiger partial charge in [0, 0.05) is 120 Å². The van der Waals surface area contributed by atoms with Gasteiger partial charge in [-0.2, -0.15) is 0 Å². The van der Waals surface area contributed by atoms with Gasteiger partial charge in [-0.05, 0) is 154 Å². The molecule has 6 aromatic rings. The van der Waals surface area contributed by atoms with Crippen molar-refractivity contribution in [2.45, 2.75) is 174 Å². The number of alkyl halides is 9. The Bertz CT molecular complexity index is 4320. The number of ether oxygens (including phenoxy) is 11. The third-order valence-electron chi connectivity index (χ3n) is 19.0. The van der Waals surface area contributed by atoms with Crippen LogP contribution in [-0.4, -0.2) is 164 Å². The standard InChI is InChI=1S/2C25H29F3N2O6.C23H25F3N2O6.C2H6O.Li.H2O/c2*1-5-34-23(32)17-14-29-19(13-20(17)31)16-12-22(36-25(26,27)28)21(35-10-6-9-33-4)11-15(16)18-7-8-24(2,3)30(18)29;1-22(2)6-5-16-13-9-19(33-8-4-7-32-3)20(34-23(24,25)26)10-14(13)17-11-18(29)15(21(30)31)12-27(17)28(16)22;1-2-3;;/h2*11-14,18H,5-10H2,1-4H3;9-12,16H,4-8H2,1-3H3,(H,30,31);3H,2H2,1H3;;1H2/q;;;;+1;/p-1/t18-;;16-;;;/m1.1.../s1. The Morgan fingerprint density at radius 1 is 0.441 bits per heavy atom. The normalized spacial score (nSPS) is 17.2. The number of benzene rings is 3. The summed E-state index contributed by atoms with van der Waals surface area (Å²) in [6.07, 6.45) is -4.93. The van der Waals surface area contributed by atoms with Gasteiger partial charge in [0.15, 0.2) is 50.8 Å². The molecule has 3 N–H and O–H groups in total. The molecular formula is C75H90F9LiN6O20. The van der Waals surface area contributed by atoms with Crippen LogP contribution in [0, 0.1) is 0 Å². The van der Waals surface area contributed by atoms with E-state index in [1.54, 1.807) is 46.9 Å². The van der Waals surface area contributed by atoms with E-state index in [1.807, 2.05) is 56.6 Å². The topological polar surface area (TPSA) is 299 Å². The Labute approximate surface area is 645 Å². The maximum atomic E-state index is 13.3. The van der Waals surface area contributed by atoms with Gasteiger partial charge in [0.1, 0.15) is 16.7 Å². The number of nitrogens with zero attached hydrogens (tertiary/aromatic N) is 6. The number of fused-ring (bicyclic) bond motifs is 18. The number of rotatable bonds is 23. The number of carbonyl (C=O) groups is 3. The smallest absolute Gasteiger partial charge is 0.870 e. The van der Waals surface area contributed by atoms with Gasteiger partial charge in [0.25, 0.3) is 0 Å². The van der Waals surface area contributed by atoms with E-state index in [9.17, 15) is 73.4 Å². The molecule has 0 bridgehead atoms. The van der Waals surface area contributed by atoms with Crippen LogP contribution in [0.3, 0.4) is 0 Å². The first-order valence-electron chi connectivity index (χ1n) is 35.3. The summed E-state index contributed by atoms with van der Waals surface area (Å²) in [6.45, 7) is 19.1. The minimum atomic E-state index is -4.96.